The summed E-state index contributed by atoms with van der Waals surface area (Å²) < 4.78 is 2.01. The lowest BCUT2D eigenvalue weighted by molar-refractivity contribution is 0.738. The van der Waals surface area contributed by atoms with Crippen LogP contribution in [0.4, 0.5) is 0 Å². The van der Waals surface area contributed by atoms with E-state index in [2.05, 4.69) is 11.1 Å². The summed E-state index contributed by atoms with van der Waals surface area (Å²) in [5.74, 6) is 0. The number of pyridine rings is 1. The smallest absolute Gasteiger partial charge is 0.139 e. The van der Waals surface area contributed by atoms with Gasteiger partial charge in [0.15, 0.2) is 0 Å². The molecule has 2 aromatic rings. The monoisotopic (exact) mass is 175 g/mol. The van der Waals surface area contributed by atoms with Crippen molar-refractivity contribution >= 4 is 5.65 Å². The molecule has 0 bridgehead atoms. The van der Waals surface area contributed by atoms with Crippen LogP contribution in [0.5, 0.6) is 0 Å². The second-order valence-corrected chi connectivity index (χ2v) is 3.37. The lowest BCUT2D eigenvalue weighted by Crippen LogP contribution is -2.18. The van der Waals surface area contributed by atoms with Gasteiger partial charge in [0.1, 0.15) is 5.65 Å². The molecule has 13 heavy (non-hydrogen) atoms. The molecule has 0 radical (unpaired) electrons. The zero-order chi connectivity index (χ0) is 9.26. The molecule has 3 nitrogen and oxygen atoms in total. The molecule has 1 unspecified atom stereocenters. The van der Waals surface area contributed by atoms with Crippen LogP contribution in [0.25, 0.3) is 5.65 Å². The Balaban J connectivity index is 2.48. The molecule has 1 atom stereocenters. The number of imidazole rings is 1. The molecule has 0 spiro atoms. The minimum Gasteiger partial charge on any atom is -0.328 e. The van der Waals surface area contributed by atoms with Crippen molar-refractivity contribution in [2.24, 2.45) is 5.73 Å². The molecule has 0 aliphatic carbocycles. The highest BCUT2D eigenvalue weighted by Gasteiger charge is 2.03. The predicted molar refractivity (Wildman–Crippen MR) is 52.5 cm³/mol. The van der Waals surface area contributed by atoms with Crippen molar-refractivity contribution in [2.45, 2.75) is 19.4 Å². The standard InChI is InChI=1S/C10H13N3/c1-8(11)7-9-3-2-5-13-6-4-12-10(9)13/h2-6,8H,7,11H2,1H3. The van der Waals surface area contributed by atoms with Gasteiger partial charge in [-0.25, -0.2) is 4.98 Å². The molecule has 2 rings (SSSR count). The number of hydrogen-bond donors (Lipinski definition) is 1. The van der Waals surface area contributed by atoms with Gasteiger partial charge in [-0.1, -0.05) is 6.07 Å². The summed E-state index contributed by atoms with van der Waals surface area (Å²) in [7, 11) is 0. The second-order valence-electron chi connectivity index (χ2n) is 3.37. The molecule has 2 aromatic heterocycles. The lowest BCUT2D eigenvalue weighted by atomic mass is 10.1. The van der Waals surface area contributed by atoms with E-state index in [1.165, 1.54) is 5.56 Å². The first-order valence-corrected chi connectivity index (χ1v) is 4.43. The van der Waals surface area contributed by atoms with E-state index in [-0.39, 0.29) is 6.04 Å². The van der Waals surface area contributed by atoms with Gasteiger partial charge in [0.05, 0.1) is 0 Å². The SMILES string of the molecule is CC(N)Cc1cccn2ccnc12. The number of nitrogens with two attached hydrogens (primary N) is 1. The van der Waals surface area contributed by atoms with Gasteiger partial charge in [0, 0.05) is 24.6 Å². The molecule has 0 fully saturated rings. The Labute approximate surface area is 77.2 Å². The molecular formula is C10H13N3. The molecule has 0 aliphatic rings. The fourth-order valence-corrected chi connectivity index (χ4v) is 1.51. The van der Waals surface area contributed by atoms with Gasteiger partial charge in [-0.05, 0) is 25.0 Å². The van der Waals surface area contributed by atoms with Gasteiger partial charge in [-0.15, -0.1) is 0 Å². The summed E-state index contributed by atoms with van der Waals surface area (Å²) >= 11 is 0. The molecule has 3 heteroatoms. The van der Waals surface area contributed by atoms with E-state index in [4.69, 9.17) is 5.73 Å². The maximum absolute atomic E-state index is 5.75. The highest BCUT2D eigenvalue weighted by atomic mass is 15.0. The fraction of sp³-hybridized carbons (Fsp3) is 0.300. The molecule has 0 amide bonds. The first-order valence-electron chi connectivity index (χ1n) is 4.43. The van der Waals surface area contributed by atoms with Crippen LogP contribution in [-0.2, 0) is 6.42 Å². The van der Waals surface area contributed by atoms with Crippen LogP contribution >= 0.6 is 0 Å². The normalized spacial score (nSPS) is 13.4. The number of aromatic nitrogens is 2. The minimum absolute atomic E-state index is 0.183. The van der Waals surface area contributed by atoms with Gasteiger partial charge in [0.2, 0.25) is 0 Å². The number of hydrogen-bond acceptors (Lipinski definition) is 2. The topological polar surface area (TPSA) is 43.3 Å². The first-order chi connectivity index (χ1) is 6.27. The Bertz CT molecular complexity index is 403. The van der Waals surface area contributed by atoms with E-state index in [9.17, 15) is 0 Å². The average Bonchev–Trinajstić information content (AvgIpc) is 2.51. The van der Waals surface area contributed by atoms with Gasteiger partial charge < -0.3 is 10.1 Å². The number of rotatable bonds is 2. The molecule has 0 aromatic carbocycles. The van der Waals surface area contributed by atoms with Crippen LogP contribution in [0.3, 0.4) is 0 Å². The third-order valence-electron chi connectivity index (χ3n) is 2.04. The van der Waals surface area contributed by atoms with Crippen molar-refractivity contribution in [3.63, 3.8) is 0 Å². The van der Waals surface area contributed by atoms with Crippen LogP contribution < -0.4 is 5.73 Å². The summed E-state index contributed by atoms with van der Waals surface area (Å²) in [5, 5.41) is 0. The van der Waals surface area contributed by atoms with Crippen molar-refractivity contribution < 1.29 is 0 Å². The summed E-state index contributed by atoms with van der Waals surface area (Å²) in [4.78, 5) is 4.28. The van der Waals surface area contributed by atoms with Gasteiger partial charge >= 0.3 is 0 Å². The van der Waals surface area contributed by atoms with E-state index < -0.39 is 0 Å². The third-order valence-corrected chi connectivity index (χ3v) is 2.04. The quantitative estimate of drug-likeness (QED) is 0.745. The summed E-state index contributed by atoms with van der Waals surface area (Å²) in [5.41, 5.74) is 7.97. The van der Waals surface area contributed by atoms with E-state index >= 15 is 0 Å². The van der Waals surface area contributed by atoms with Crippen molar-refractivity contribution in [1.29, 1.82) is 0 Å². The maximum atomic E-state index is 5.75. The highest BCUT2D eigenvalue weighted by Crippen LogP contribution is 2.09. The van der Waals surface area contributed by atoms with Gasteiger partial charge in [-0.2, -0.15) is 0 Å². The van der Waals surface area contributed by atoms with E-state index in [1.54, 1.807) is 6.20 Å². The molecular weight excluding hydrogens is 162 g/mol. The fourth-order valence-electron chi connectivity index (χ4n) is 1.51. The van der Waals surface area contributed by atoms with E-state index in [0.717, 1.165) is 12.1 Å². The Morgan fingerprint density at radius 2 is 2.38 bits per heavy atom. The highest BCUT2D eigenvalue weighted by molar-refractivity contribution is 5.47. The van der Waals surface area contributed by atoms with Crippen molar-refractivity contribution in [3.05, 3.63) is 36.3 Å². The molecule has 0 saturated carbocycles. The van der Waals surface area contributed by atoms with Crippen LogP contribution in [-0.4, -0.2) is 15.4 Å². The second kappa shape index (κ2) is 3.18. The van der Waals surface area contributed by atoms with Crippen LogP contribution in [0.15, 0.2) is 30.7 Å². The lowest BCUT2D eigenvalue weighted by Gasteiger charge is -2.05. The third kappa shape index (κ3) is 1.55. The van der Waals surface area contributed by atoms with Crippen molar-refractivity contribution in [1.82, 2.24) is 9.38 Å². The molecule has 0 aliphatic heterocycles. The van der Waals surface area contributed by atoms with Gasteiger partial charge in [-0.3, -0.25) is 0 Å². The average molecular weight is 175 g/mol. The summed E-state index contributed by atoms with van der Waals surface area (Å²) in [6.07, 6.45) is 6.62. The first kappa shape index (κ1) is 8.26. The summed E-state index contributed by atoms with van der Waals surface area (Å²) in [6, 6.07) is 4.28. The van der Waals surface area contributed by atoms with Crippen LogP contribution in [0, 0.1) is 0 Å². The van der Waals surface area contributed by atoms with Crippen LogP contribution in [0.1, 0.15) is 12.5 Å². The van der Waals surface area contributed by atoms with Crippen molar-refractivity contribution in [3.8, 4) is 0 Å². The Kier molecular flexibility index (Phi) is 2.02. The largest absolute Gasteiger partial charge is 0.328 e. The number of fused-ring (bicyclic) bond motifs is 1. The van der Waals surface area contributed by atoms with Crippen LogP contribution in [0.2, 0.25) is 0 Å². The Morgan fingerprint density at radius 1 is 1.54 bits per heavy atom. The molecule has 2 heterocycles. The van der Waals surface area contributed by atoms with Crippen molar-refractivity contribution in [2.75, 3.05) is 0 Å². The Morgan fingerprint density at radius 3 is 3.15 bits per heavy atom. The predicted octanol–water partition coefficient (Wildman–Crippen LogP) is 1.22. The maximum Gasteiger partial charge on any atom is 0.139 e. The zero-order valence-electron chi connectivity index (χ0n) is 7.64. The molecule has 68 valence electrons. The molecule has 2 N–H and O–H groups in total. The summed E-state index contributed by atoms with van der Waals surface area (Å²) in [6.45, 7) is 2.01. The molecule has 0 saturated heterocycles. The van der Waals surface area contributed by atoms with Gasteiger partial charge in [0.25, 0.3) is 0 Å². The number of nitrogens with zero attached hydrogens (tertiary/aromatic N) is 2. The van der Waals surface area contributed by atoms with E-state index in [1.807, 2.05) is 29.8 Å². The Hall–Kier alpha value is -1.35. The zero-order valence-corrected chi connectivity index (χ0v) is 7.64. The van der Waals surface area contributed by atoms with E-state index in [0.29, 0.717) is 0 Å². The minimum atomic E-state index is 0.183.